The minimum atomic E-state index is -0.369. The minimum absolute atomic E-state index is 0.257. The fraction of sp³-hybridized carbons (Fsp3) is 0.389. The summed E-state index contributed by atoms with van der Waals surface area (Å²) in [7, 11) is 3.40. The number of hydrogen-bond acceptors (Lipinski definition) is 5. The van der Waals surface area contributed by atoms with Crippen LogP contribution in [0.2, 0.25) is 0 Å². The molecule has 0 amide bonds. The largest absolute Gasteiger partial charge is 0.358 e. The zero-order chi connectivity index (χ0) is 18.7. The first-order chi connectivity index (χ1) is 12.5. The van der Waals surface area contributed by atoms with Crippen LogP contribution >= 0.6 is 0 Å². The molecule has 1 N–H and O–H groups in total. The molecule has 8 heteroatoms. The third-order valence-corrected chi connectivity index (χ3v) is 5.00. The molecule has 0 unspecified atom stereocenters. The quantitative estimate of drug-likeness (QED) is 0.756. The first-order valence-electron chi connectivity index (χ1n) is 8.76. The Labute approximate surface area is 152 Å². The molecule has 0 spiro atoms. The number of piperidine rings is 1. The van der Waals surface area contributed by atoms with Crippen molar-refractivity contribution in [2.45, 2.75) is 25.4 Å². The van der Waals surface area contributed by atoms with Crippen LogP contribution in [0, 0.1) is 11.3 Å². The van der Waals surface area contributed by atoms with Crippen LogP contribution in [0.3, 0.4) is 0 Å². The van der Waals surface area contributed by atoms with E-state index in [1.54, 1.807) is 16.7 Å². The van der Waals surface area contributed by atoms with Crippen molar-refractivity contribution in [3.05, 3.63) is 62.3 Å². The summed E-state index contributed by atoms with van der Waals surface area (Å²) >= 11 is 0. The van der Waals surface area contributed by atoms with Gasteiger partial charge in [0.1, 0.15) is 5.82 Å². The lowest BCUT2D eigenvalue weighted by Gasteiger charge is -2.35. The number of aromatic nitrogens is 2. The number of benzene rings is 1. The molecule has 1 aromatic carbocycles. The Kier molecular flexibility index (Phi) is 5.28. The first kappa shape index (κ1) is 18.0. The molecule has 0 radical (unpaired) electrons. The van der Waals surface area contributed by atoms with Gasteiger partial charge in [-0.1, -0.05) is 18.2 Å². The van der Waals surface area contributed by atoms with Gasteiger partial charge in [0.15, 0.2) is 7.98 Å². The lowest BCUT2D eigenvalue weighted by Crippen LogP contribution is -2.48. The number of rotatable bonds is 4. The maximum absolute atomic E-state index is 12.8. The SMILES string of the molecule is BN[C@@H]1CCCN(c2cc(=O)n(C)c(=O)n2Cc2ccccc2C#N)C1. The van der Waals surface area contributed by atoms with Crippen molar-refractivity contribution in [1.29, 1.82) is 5.26 Å². The van der Waals surface area contributed by atoms with Gasteiger partial charge >= 0.3 is 5.69 Å². The summed E-state index contributed by atoms with van der Waals surface area (Å²) < 4.78 is 2.70. The smallest absolute Gasteiger partial charge is 0.332 e. The Hall–Kier alpha value is -2.79. The van der Waals surface area contributed by atoms with Crippen LogP contribution < -0.4 is 21.4 Å². The molecule has 2 aromatic rings. The first-order valence-corrected chi connectivity index (χ1v) is 8.76. The molecule has 1 atom stereocenters. The third-order valence-electron chi connectivity index (χ3n) is 5.00. The molecule has 3 rings (SSSR count). The van der Waals surface area contributed by atoms with Crippen LogP contribution in [0.1, 0.15) is 24.0 Å². The van der Waals surface area contributed by atoms with E-state index in [4.69, 9.17) is 0 Å². The van der Waals surface area contributed by atoms with Crippen LogP contribution in [0.4, 0.5) is 5.82 Å². The van der Waals surface area contributed by atoms with Gasteiger partial charge in [0.2, 0.25) is 0 Å². The van der Waals surface area contributed by atoms with Crippen molar-refractivity contribution < 1.29 is 0 Å². The van der Waals surface area contributed by atoms with E-state index in [0.29, 0.717) is 17.4 Å². The molecule has 1 aliphatic rings. The van der Waals surface area contributed by atoms with Crippen molar-refractivity contribution in [3.8, 4) is 6.07 Å². The summed E-state index contributed by atoms with van der Waals surface area (Å²) in [4.78, 5) is 27.1. The Balaban J connectivity index is 2.09. The van der Waals surface area contributed by atoms with Gasteiger partial charge in [-0.3, -0.25) is 13.9 Å². The Morgan fingerprint density at radius 1 is 1.35 bits per heavy atom. The maximum atomic E-state index is 12.8. The van der Waals surface area contributed by atoms with Gasteiger partial charge in [0.25, 0.3) is 5.56 Å². The highest BCUT2D eigenvalue weighted by molar-refractivity contribution is 6.04. The highest BCUT2D eigenvalue weighted by Crippen LogP contribution is 2.19. The van der Waals surface area contributed by atoms with E-state index in [1.807, 2.05) is 20.1 Å². The standard InChI is InChI=1S/C18H22BN5O2/c1-22-17(25)9-16(23-8-4-7-15(12-23)21-19)24(18(22)26)11-14-6-3-2-5-13(14)10-20/h2-3,5-6,9,15,21H,4,7-8,11-12,19H2,1H3/t15-/m1/s1. The summed E-state index contributed by atoms with van der Waals surface area (Å²) in [5, 5.41) is 12.6. The summed E-state index contributed by atoms with van der Waals surface area (Å²) in [6.07, 6.45) is 2.06. The van der Waals surface area contributed by atoms with Gasteiger partial charge in [-0.25, -0.2) is 4.79 Å². The predicted octanol–water partition coefficient (Wildman–Crippen LogP) is -0.427. The predicted molar refractivity (Wildman–Crippen MR) is 103 cm³/mol. The lowest BCUT2D eigenvalue weighted by atomic mass is 10.0. The molecule has 1 aromatic heterocycles. The summed E-state index contributed by atoms with van der Waals surface area (Å²) in [5.41, 5.74) is 0.610. The monoisotopic (exact) mass is 351 g/mol. The second kappa shape index (κ2) is 7.62. The molecule has 1 fully saturated rings. The zero-order valence-electron chi connectivity index (χ0n) is 15.1. The highest BCUT2D eigenvalue weighted by Gasteiger charge is 2.22. The lowest BCUT2D eigenvalue weighted by molar-refractivity contribution is 0.469. The average Bonchev–Trinajstić information content (AvgIpc) is 2.68. The van der Waals surface area contributed by atoms with Crippen molar-refractivity contribution in [2.24, 2.45) is 7.05 Å². The molecule has 0 bridgehead atoms. The van der Waals surface area contributed by atoms with E-state index in [1.165, 1.54) is 13.1 Å². The van der Waals surface area contributed by atoms with E-state index in [2.05, 4.69) is 16.2 Å². The van der Waals surface area contributed by atoms with E-state index in [-0.39, 0.29) is 17.8 Å². The summed E-state index contributed by atoms with van der Waals surface area (Å²) in [5.74, 6) is 0.616. The van der Waals surface area contributed by atoms with Gasteiger partial charge in [-0.05, 0) is 24.5 Å². The number of hydrogen-bond donors (Lipinski definition) is 1. The highest BCUT2D eigenvalue weighted by atomic mass is 16.2. The normalized spacial score (nSPS) is 17.1. The fourth-order valence-corrected chi connectivity index (χ4v) is 3.43. The molecule has 1 aliphatic heterocycles. The fourth-order valence-electron chi connectivity index (χ4n) is 3.43. The van der Waals surface area contributed by atoms with Crippen LogP contribution in [0.25, 0.3) is 0 Å². The topological polar surface area (TPSA) is 83.1 Å². The molecule has 1 saturated heterocycles. The number of nitrogens with one attached hydrogen (secondary N) is 1. The number of anilines is 1. The van der Waals surface area contributed by atoms with Crippen LogP contribution in [-0.4, -0.2) is 36.2 Å². The molecular formula is C18H22BN5O2. The van der Waals surface area contributed by atoms with Crippen molar-refractivity contribution >= 4 is 13.8 Å². The second-order valence-electron chi connectivity index (χ2n) is 6.61. The van der Waals surface area contributed by atoms with Crippen LogP contribution in [0.5, 0.6) is 0 Å². The summed E-state index contributed by atoms with van der Waals surface area (Å²) in [6, 6.07) is 11.2. The van der Waals surface area contributed by atoms with E-state index in [0.717, 1.165) is 36.1 Å². The summed E-state index contributed by atoms with van der Waals surface area (Å²) in [6.45, 7) is 1.79. The third kappa shape index (κ3) is 3.44. The second-order valence-corrected chi connectivity index (χ2v) is 6.61. The van der Waals surface area contributed by atoms with Crippen LogP contribution in [0.15, 0.2) is 39.9 Å². The van der Waals surface area contributed by atoms with Gasteiger partial charge in [0.05, 0.1) is 18.2 Å². The molecule has 134 valence electrons. The van der Waals surface area contributed by atoms with Crippen molar-refractivity contribution in [3.63, 3.8) is 0 Å². The van der Waals surface area contributed by atoms with Gasteiger partial charge in [0, 0.05) is 32.2 Å². The van der Waals surface area contributed by atoms with Gasteiger partial charge < -0.3 is 10.1 Å². The molecular weight excluding hydrogens is 329 g/mol. The minimum Gasteiger partial charge on any atom is -0.358 e. The van der Waals surface area contributed by atoms with E-state index >= 15 is 0 Å². The molecule has 2 heterocycles. The Morgan fingerprint density at radius 3 is 2.85 bits per heavy atom. The Bertz CT molecular complexity index is 959. The average molecular weight is 351 g/mol. The molecule has 26 heavy (non-hydrogen) atoms. The van der Waals surface area contributed by atoms with E-state index < -0.39 is 0 Å². The maximum Gasteiger partial charge on any atom is 0.332 e. The van der Waals surface area contributed by atoms with E-state index in [9.17, 15) is 14.9 Å². The molecule has 0 aliphatic carbocycles. The van der Waals surface area contributed by atoms with Crippen LogP contribution in [-0.2, 0) is 13.6 Å². The molecule has 7 nitrogen and oxygen atoms in total. The zero-order valence-corrected chi connectivity index (χ0v) is 15.1. The van der Waals surface area contributed by atoms with Gasteiger partial charge in [-0.2, -0.15) is 5.26 Å². The van der Waals surface area contributed by atoms with Crippen molar-refractivity contribution in [1.82, 2.24) is 14.4 Å². The Morgan fingerprint density at radius 2 is 2.12 bits per heavy atom. The number of nitriles is 1. The molecule has 0 saturated carbocycles. The van der Waals surface area contributed by atoms with Gasteiger partial charge in [-0.15, -0.1) is 0 Å². The van der Waals surface area contributed by atoms with Crippen molar-refractivity contribution in [2.75, 3.05) is 18.0 Å². The number of nitrogens with zero attached hydrogens (tertiary/aromatic N) is 4.